The van der Waals surface area contributed by atoms with Gasteiger partial charge in [0.2, 0.25) is 0 Å². The van der Waals surface area contributed by atoms with Crippen LogP contribution in [-0.4, -0.2) is 18.0 Å². The fourth-order valence-electron chi connectivity index (χ4n) is 1.88. The molecule has 0 unspecified atom stereocenters. The molecule has 0 bridgehead atoms. The van der Waals surface area contributed by atoms with Crippen molar-refractivity contribution >= 4 is 0 Å². The average Bonchev–Trinajstić information content (AvgIpc) is 2.43. The lowest BCUT2D eigenvalue weighted by Gasteiger charge is -2.30. The molecule has 0 aromatic carbocycles. The summed E-state index contributed by atoms with van der Waals surface area (Å²) in [5.74, 6) is 0.0827. The quantitative estimate of drug-likeness (QED) is 0.516. The van der Waals surface area contributed by atoms with Crippen molar-refractivity contribution in [3.05, 3.63) is 12.2 Å². The van der Waals surface area contributed by atoms with Crippen LogP contribution in [0.15, 0.2) is 12.2 Å². The zero-order valence-corrected chi connectivity index (χ0v) is 7.96. The molecule has 2 nitrogen and oxygen atoms in total. The van der Waals surface area contributed by atoms with Gasteiger partial charge in [0.1, 0.15) is 0 Å². The summed E-state index contributed by atoms with van der Waals surface area (Å²) in [5.41, 5.74) is -0.154. The maximum Gasteiger partial charge on any atom is 0.191 e. The van der Waals surface area contributed by atoms with Gasteiger partial charge < -0.3 is 9.47 Å². The lowest BCUT2D eigenvalue weighted by atomic mass is 10.0. The fourth-order valence-corrected chi connectivity index (χ4v) is 1.88. The molecule has 2 rings (SSSR count). The van der Waals surface area contributed by atoms with E-state index in [4.69, 9.17) is 9.47 Å². The van der Waals surface area contributed by atoms with E-state index < -0.39 is 5.79 Å². The Labute approximate surface area is 73.5 Å². The highest BCUT2D eigenvalue weighted by molar-refractivity contribution is 5.14. The van der Waals surface area contributed by atoms with Crippen molar-refractivity contribution in [2.24, 2.45) is 5.92 Å². The lowest BCUT2D eigenvalue weighted by Crippen LogP contribution is -2.37. The fraction of sp³-hybridized carbons (Fsp3) is 0.800. The first kappa shape index (κ1) is 8.27. The molecule has 0 amide bonds. The average molecular weight is 168 g/mol. The van der Waals surface area contributed by atoms with E-state index in [9.17, 15) is 0 Å². The van der Waals surface area contributed by atoms with Crippen LogP contribution >= 0.6 is 0 Å². The molecule has 68 valence electrons. The number of hydrogen-bond acceptors (Lipinski definition) is 2. The Morgan fingerprint density at radius 3 is 2.50 bits per heavy atom. The second-order valence-corrected chi connectivity index (χ2v) is 4.30. The van der Waals surface area contributed by atoms with Crippen LogP contribution in [0, 0.1) is 5.92 Å². The van der Waals surface area contributed by atoms with Gasteiger partial charge in [-0.1, -0.05) is 13.0 Å². The van der Waals surface area contributed by atoms with E-state index in [1.165, 1.54) is 0 Å². The van der Waals surface area contributed by atoms with E-state index in [1.807, 2.05) is 0 Å². The third-order valence-electron chi connectivity index (χ3n) is 2.70. The van der Waals surface area contributed by atoms with Crippen molar-refractivity contribution in [1.82, 2.24) is 0 Å². The SMILES string of the molecule is C[C@H]1CCO[C@]12C=CC(C)(C)O2. The van der Waals surface area contributed by atoms with Gasteiger partial charge >= 0.3 is 0 Å². The first-order chi connectivity index (χ1) is 5.54. The molecule has 2 aliphatic heterocycles. The topological polar surface area (TPSA) is 18.5 Å². The number of rotatable bonds is 0. The molecule has 0 N–H and O–H groups in total. The van der Waals surface area contributed by atoms with Gasteiger partial charge in [-0.25, -0.2) is 0 Å². The molecule has 0 aromatic heterocycles. The molecule has 12 heavy (non-hydrogen) atoms. The molecule has 0 aromatic rings. The van der Waals surface area contributed by atoms with Crippen LogP contribution in [0.25, 0.3) is 0 Å². The predicted octanol–water partition coefficient (Wildman–Crippen LogP) is 2.10. The van der Waals surface area contributed by atoms with Gasteiger partial charge in [-0.15, -0.1) is 0 Å². The van der Waals surface area contributed by atoms with Crippen LogP contribution in [0.1, 0.15) is 27.2 Å². The predicted molar refractivity (Wildman–Crippen MR) is 46.8 cm³/mol. The van der Waals surface area contributed by atoms with Crippen LogP contribution in [0.4, 0.5) is 0 Å². The third kappa shape index (κ3) is 1.10. The van der Waals surface area contributed by atoms with E-state index >= 15 is 0 Å². The first-order valence-corrected chi connectivity index (χ1v) is 4.59. The van der Waals surface area contributed by atoms with Crippen LogP contribution in [-0.2, 0) is 9.47 Å². The minimum atomic E-state index is -0.399. The second-order valence-electron chi connectivity index (χ2n) is 4.30. The monoisotopic (exact) mass is 168 g/mol. The van der Waals surface area contributed by atoms with Crippen LogP contribution in [0.2, 0.25) is 0 Å². The Bertz CT molecular complexity index is 220. The van der Waals surface area contributed by atoms with Gasteiger partial charge in [0.15, 0.2) is 5.79 Å². The molecule has 1 fully saturated rings. The molecule has 1 spiro atoms. The highest BCUT2D eigenvalue weighted by Crippen LogP contribution is 2.42. The normalized spacial score (nSPS) is 44.4. The Morgan fingerprint density at radius 1 is 1.33 bits per heavy atom. The van der Waals surface area contributed by atoms with Crippen molar-refractivity contribution in [1.29, 1.82) is 0 Å². The molecular formula is C10H16O2. The summed E-state index contributed by atoms with van der Waals surface area (Å²) in [5, 5.41) is 0. The van der Waals surface area contributed by atoms with Crippen molar-refractivity contribution < 1.29 is 9.47 Å². The summed E-state index contributed by atoms with van der Waals surface area (Å²) in [7, 11) is 0. The lowest BCUT2D eigenvalue weighted by molar-refractivity contribution is -0.219. The van der Waals surface area contributed by atoms with Crippen molar-refractivity contribution in [3.63, 3.8) is 0 Å². The zero-order valence-electron chi connectivity index (χ0n) is 7.96. The Morgan fingerprint density at radius 2 is 2.08 bits per heavy atom. The summed E-state index contributed by atoms with van der Waals surface area (Å²) in [4.78, 5) is 0. The smallest absolute Gasteiger partial charge is 0.191 e. The van der Waals surface area contributed by atoms with Gasteiger partial charge in [-0.3, -0.25) is 0 Å². The van der Waals surface area contributed by atoms with E-state index in [0.29, 0.717) is 5.92 Å². The molecule has 0 aliphatic carbocycles. The van der Waals surface area contributed by atoms with Gasteiger partial charge in [0.25, 0.3) is 0 Å². The summed E-state index contributed by atoms with van der Waals surface area (Å²) >= 11 is 0. The Hall–Kier alpha value is -0.340. The van der Waals surface area contributed by atoms with E-state index in [-0.39, 0.29) is 5.60 Å². The highest BCUT2D eigenvalue weighted by atomic mass is 16.7. The molecular weight excluding hydrogens is 152 g/mol. The molecule has 2 heterocycles. The van der Waals surface area contributed by atoms with Crippen molar-refractivity contribution in [2.75, 3.05) is 6.61 Å². The third-order valence-corrected chi connectivity index (χ3v) is 2.70. The highest BCUT2D eigenvalue weighted by Gasteiger charge is 2.47. The van der Waals surface area contributed by atoms with E-state index in [1.54, 1.807) is 0 Å². The largest absolute Gasteiger partial charge is 0.346 e. The summed E-state index contributed by atoms with van der Waals surface area (Å²) < 4.78 is 11.5. The molecule has 2 aliphatic rings. The van der Waals surface area contributed by atoms with E-state index in [0.717, 1.165) is 13.0 Å². The van der Waals surface area contributed by atoms with Gasteiger partial charge in [0.05, 0.1) is 12.2 Å². The zero-order chi connectivity index (χ0) is 8.82. The van der Waals surface area contributed by atoms with Crippen LogP contribution in [0.5, 0.6) is 0 Å². The van der Waals surface area contributed by atoms with Crippen LogP contribution in [0.3, 0.4) is 0 Å². The molecule has 0 saturated carbocycles. The second kappa shape index (κ2) is 2.33. The van der Waals surface area contributed by atoms with Gasteiger partial charge in [-0.2, -0.15) is 0 Å². The minimum Gasteiger partial charge on any atom is -0.346 e. The van der Waals surface area contributed by atoms with Crippen molar-refractivity contribution in [3.8, 4) is 0 Å². The van der Waals surface area contributed by atoms with Gasteiger partial charge in [0, 0.05) is 5.92 Å². The Kier molecular flexibility index (Phi) is 1.61. The number of hydrogen-bond donors (Lipinski definition) is 0. The van der Waals surface area contributed by atoms with Crippen LogP contribution < -0.4 is 0 Å². The van der Waals surface area contributed by atoms with Gasteiger partial charge in [-0.05, 0) is 26.3 Å². The summed E-state index contributed by atoms with van der Waals surface area (Å²) in [6.07, 6.45) is 5.26. The molecule has 1 saturated heterocycles. The maximum atomic E-state index is 5.88. The number of ether oxygens (including phenoxy) is 2. The molecule has 2 heteroatoms. The van der Waals surface area contributed by atoms with E-state index in [2.05, 4.69) is 32.9 Å². The summed E-state index contributed by atoms with van der Waals surface area (Å²) in [6, 6.07) is 0. The Balaban J connectivity index is 2.21. The minimum absolute atomic E-state index is 0.154. The maximum absolute atomic E-state index is 5.88. The standard InChI is InChI=1S/C10H16O2/c1-8-4-7-11-10(8)6-5-9(2,3)12-10/h5-6,8H,4,7H2,1-3H3/t8-,10-/m0/s1. The summed E-state index contributed by atoms with van der Waals surface area (Å²) in [6.45, 7) is 7.12. The van der Waals surface area contributed by atoms with Crippen molar-refractivity contribution in [2.45, 2.75) is 38.6 Å². The first-order valence-electron chi connectivity index (χ1n) is 4.59. The molecule has 2 atom stereocenters. The molecule has 0 radical (unpaired) electrons.